The standard InChI is InChI=1S/C11H13ClN2OS/c1-14-5-4-10(11(14)15)16-9-3-2-7(12)6-8(9)13/h2-3,6,10H,4-5,13H2,1H3. The van der Waals surface area contributed by atoms with Crippen molar-refractivity contribution in [1.82, 2.24) is 4.90 Å². The summed E-state index contributed by atoms with van der Waals surface area (Å²) in [6, 6.07) is 5.38. The van der Waals surface area contributed by atoms with Crippen LogP contribution < -0.4 is 5.73 Å². The molecule has 0 spiro atoms. The Balaban J connectivity index is 2.12. The zero-order valence-electron chi connectivity index (χ0n) is 8.94. The van der Waals surface area contributed by atoms with Gasteiger partial charge in [-0.2, -0.15) is 0 Å². The number of nitrogens with zero attached hydrogens (tertiary/aromatic N) is 1. The molecule has 1 aliphatic rings. The summed E-state index contributed by atoms with van der Waals surface area (Å²) in [4.78, 5) is 14.4. The number of hydrogen-bond acceptors (Lipinski definition) is 3. The van der Waals surface area contributed by atoms with E-state index in [0.29, 0.717) is 10.7 Å². The van der Waals surface area contributed by atoms with E-state index in [0.717, 1.165) is 17.9 Å². The number of carbonyl (C=O) groups is 1. The molecule has 1 amide bonds. The summed E-state index contributed by atoms with van der Waals surface area (Å²) in [6.07, 6.45) is 0.877. The maximum Gasteiger partial charge on any atom is 0.235 e. The van der Waals surface area contributed by atoms with E-state index >= 15 is 0 Å². The van der Waals surface area contributed by atoms with Gasteiger partial charge in [0.2, 0.25) is 5.91 Å². The summed E-state index contributed by atoms with van der Waals surface area (Å²) in [5.41, 5.74) is 6.49. The number of halogens is 1. The second kappa shape index (κ2) is 4.55. The molecule has 0 aromatic heterocycles. The van der Waals surface area contributed by atoms with Crippen LogP contribution in [-0.2, 0) is 4.79 Å². The van der Waals surface area contributed by atoms with Crippen LogP contribution in [0.15, 0.2) is 23.1 Å². The molecule has 1 heterocycles. The van der Waals surface area contributed by atoms with Crippen LogP contribution in [0.5, 0.6) is 0 Å². The molecule has 2 N–H and O–H groups in total. The molecule has 1 aromatic rings. The molecule has 16 heavy (non-hydrogen) atoms. The van der Waals surface area contributed by atoms with Crippen molar-refractivity contribution in [2.45, 2.75) is 16.6 Å². The van der Waals surface area contributed by atoms with Crippen LogP contribution in [0.2, 0.25) is 5.02 Å². The van der Waals surface area contributed by atoms with E-state index in [9.17, 15) is 4.79 Å². The lowest BCUT2D eigenvalue weighted by molar-refractivity contribution is -0.126. The third kappa shape index (κ3) is 2.28. The second-order valence-electron chi connectivity index (χ2n) is 3.84. The number of anilines is 1. The largest absolute Gasteiger partial charge is 0.398 e. The summed E-state index contributed by atoms with van der Waals surface area (Å²) >= 11 is 7.34. The van der Waals surface area contributed by atoms with E-state index in [4.69, 9.17) is 17.3 Å². The van der Waals surface area contributed by atoms with E-state index in [1.807, 2.05) is 13.1 Å². The van der Waals surface area contributed by atoms with Crippen LogP contribution in [0.4, 0.5) is 5.69 Å². The number of nitrogen functional groups attached to an aromatic ring is 1. The molecule has 0 radical (unpaired) electrons. The van der Waals surface area contributed by atoms with Crippen molar-refractivity contribution in [3.8, 4) is 0 Å². The van der Waals surface area contributed by atoms with Gasteiger partial charge in [-0.25, -0.2) is 0 Å². The van der Waals surface area contributed by atoms with Crippen molar-refractivity contribution in [2.24, 2.45) is 0 Å². The Morgan fingerprint density at radius 2 is 2.31 bits per heavy atom. The number of thioether (sulfide) groups is 1. The molecule has 3 nitrogen and oxygen atoms in total. The van der Waals surface area contributed by atoms with Gasteiger partial charge in [0.1, 0.15) is 0 Å². The molecular formula is C11H13ClN2OS. The zero-order chi connectivity index (χ0) is 11.7. The van der Waals surface area contributed by atoms with Crippen molar-refractivity contribution in [2.75, 3.05) is 19.3 Å². The average molecular weight is 257 g/mol. The van der Waals surface area contributed by atoms with Crippen LogP contribution in [-0.4, -0.2) is 29.6 Å². The van der Waals surface area contributed by atoms with Crippen molar-refractivity contribution in [3.05, 3.63) is 23.2 Å². The Bertz CT molecular complexity index is 424. The first kappa shape index (κ1) is 11.6. The normalized spacial score (nSPS) is 20.5. The number of benzene rings is 1. The minimum atomic E-state index is -0.00604. The average Bonchev–Trinajstić information content (AvgIpc) is 2.54. The molecule has 1 saturated heterocycles. The summed E-state index contributed by atoms with van der Waals surface area (Å²) in [5, 5.41) is 0.616. The van der Waals surface area contributed by atoms with Gasteiger partial charge < -0.3 is 10.6 Å². The van der Waals surface area contributed by atoms with Gasteiger partial charge in [-0.3, -0.25) is 4.79 Å². The van der Waals surface area contributed by atoms with E-state index in [2.05, 4.69) is 0 Å². The van der Waals surface area contributed by atoms with Crippen LogP contribution >= 0.6 is 23.4 Å². The van der Waals surface area contributed by atoms with Gasteiger partial charge in [-0.05, 0) is 24.6 Å². The summed E-state index contributed by atoms with van der Waals surface area (Å²) in [6.45, 7) is 0.823. The van der Waals surface area contributed by atoms with Gasteiger partial charge in [0.15, 0.2) is 0 Å². The van der Waals surface area contributed by atoms with Crippen molar-refractivity contribution in [3.63, 3.8) is 0 Å². The van der Waals surface area contributed by atoms with Gasteiger partial charge in [0.25, 0.3) is 0 Å². The van der Waals surface area contributed by atoms with Gasteiger partial charge >= 0.3 is 0 Å². The zero-order valence-corrected chi connectivity index (χ0v) is 10.5. The molecular weight excluding hydrogens is 244 g/mol. The fourth-order valence-electron chi connectivity index (χ4n) is 1.68. The third-order valence-electron chi connectivity index (χ3n) is 2.62. The summed E-state index contributed by atoms with van der Waals surface area (Å²) in [5.74, 6) is 0.180. The summed E-state index contributed by atoms with van der Waals surface area (Å²) in [7, 11) is 1.83. The van der Waals surface area contributed by atoms with Crippen molar-refractivity contribution >= 4 is 35.0 Å². The van der Waals surface area contributed by atoms with Crippen LogP contribution in [0.25, 0.3) is 0 Å². The van der Waals surface area contributed by atoms with Crippen LogP contribution in [0.3, 0.4) is 0 Å². The lowest BCUT2D eigenvalue weighted by atomic mass is 10.3. The molecule has 0 saturated carbocycles. The highest BCUT2D eigenvalue weighted by Crippen LogP contribution is 2.34. The number of nitrogens with two attached hydrogens (primary N) is 1. The molecule has 2 rings (SSSR count). The first-order valence-electron chi connectivity index (χ1n) is 5.04. The Kier molecular flexibility index (Phi) is 3.30. The smallest absolute Gasteiger partial charge is 0.235 e. The molecule has 1 unspecified atom stereocenters. The van der Waals surface area contributed by atoms with Crippen LogP contribution in [0, 0.1) is 0 Å². The Morgan fingerprint density at radius 1 is 1.56 bits per heavy atom. The lowest BCUT2D eigenvalue weighted by Gasteiger charge is -2.11. The number of carbonyl (C=O) groups excluding carboxylic acids is 1. The Morgan fingerprint density at radius 3 is 2.88 bits per heavy atom. The van der Waals surface area contributed by atoms with Gasteiger partial charge in [-0.1, -0.05) is 11.6 Å². The Hall–Kier alpha value is -0.870. The van der Waals surface area contributed by atoms with Gasteiger partial charge in [0.05, 0.1) is 5.25 Å². The van der Waals surface area contributed by atoms with Crippen molar-refractivity contribution < 1.29 is 4.79 Å². The quantitative estimate of drug-likeness (QED) is 0.826. The molecule has 1 fully saturated rings. The molecule has 0 bridgehead atoms. The first-order valence-corrected chi connectivity index (χ1v) is 6.30. The number of hydrogen-bond donors (Lipinski definition) is 1. The van der Waals surface area contributed by atoms with Crippen molar-refractivity contribution in [1.29, 1.82) is 0 Å². The molecule has 5 heteroatoms. The highest BCUT2D eigenvalue weighted by Gasteiger charge is 2.30. The minimum absolute atomic E-state index is 0.00604. The number of amides is 1. The molecule has 1 aromatic carbocycles. The predicted octanol–water partition coefficient (Wildman–Crippen LogP) is 2.24. The number of rotatable bonds is 2. The predicted molar refractivity (Wildman–Crippen MR) is 67.8 cm³/mol. The fourth-order valence-corrected chi connectivity index (χ4v) is 3.01. The lowest BCUT2D eigenvalue weighted by Crippen LogP contribution is -2.23. The van der Waals surface area contributed by atoms with E-state index in [-0.39, 0.29) is 11.2 Å². The van der Waals surface area contributed by atoms with Crippen LogP contribution in [0.1, 0.15) is 6.42 Å². The Labute approximate surface area is 104 Å². The molecule has 0 aliphatic carbocycles. The third-order valence-corrected chi connectivity index (χ3v) is 4.20. The highest BCUT2D eigenvalue weighted by atomic mass is 35.5. The van der Waals surface area contributed by atoms with E-state index < -0.39 is 0 Å². The van der Waals surface area contributed by atoms with Gasteiger partial charge in [0, 0.05) is 29.2 Å². The maximum absolute atomic E-state index is 11.7. The summed E-state index contributed by atoms with van der Waals surface area (Å²) < 4.78 is 0. The SMILES string of the molecule is CN1CCC(Sc2ccc(Cl)cc2N)C1=O. The fraction of sp³-hybridized carbons (Fsp3) is 0.364. The number of likely N-dealkylation sites (tertiary alicyclic amines) is 1. The highest BCUT2D eigenvalue weighted by molar-refractivity contribution is 8.00. The van der Waals surface area contributed by atoms with E-state index in [1.54, 1.807) is 17.0 Å². The molecule has 1 aliphatic heterocycles. The maximum atomic E-state index is 11.7. The topological polar surface area (TPSA) is 46.3 Å². The van der Waals surface area contributed by atoms with Gasteiger partial charge in [-0.15, -0.1) is 11.8 Å². The molecule has 1 atom stereocenters. The van der Waals surface area contributed by atoms with E-state index in [1.165, 1.54) is 11.8 Å². The second-order valence-corrected chi connectivity index (χ2v) is 5.52. The molecule has 86 valence electrons. The monoisotopic (exact) mass is 256 g/mol. The minimum Gasteiger partial charge on any atom is -0.398 e. The first-order chi connectivity index (χ1) is 7.58.